The highest BCUT2D eigenvalue weighted by Crippen LogP contribution is 2.24. The third-order valence-electron chi connectivity index (χ3n) is 4.57. The quantitative estimate of drug-likeness (QED) is 0.223. The monoisotopic (exact) mass is 512 g/mol. The van der Waals surface area contributed by atoms with Crippen LogP contribution in [0.15, 0.2) is 83.4 Å². The number of esters is 1. The SMILES string of the molecule is CCOC(=O)CSc1cccc(NC(=O)/C(=C/c2c(F)cccc2Cl)NC(=O)c2ccccc2)c1. The van der Waals surface area contributed by atoms with E-state index in [1.807, 2.05) is 0 Å². The Hall–Kier alpha value is -3.62. The van der Waals surface area contributed by atoms with Gasteiger partial charge in [-0.1, -0.05) is 41.9 Å². The number of ether oxygens (including phenoxy) is 1. The van der Waals surface area contributed by atoms with E-state index in [1.165, 1.54) is 36.0 Å². The number of hydrogen-bond acceptors (Lipinski definition) is 5. The molecule has 3 rings (SSSR count). The molecule has 0 aromatic heterocycles. The lowest BCUT2D eigenvalue weighted by molar-refractivity contribution is -0.139. The van der Waals surface area contributed by atoms with Gasteiger partial charge < -0.3 is 15.4 Å². The molecule has 0 aliphatic heterocycles. The van der Waals surface area contributed by atoms with Crippen molar-refractivity contribution in [2.75, 3.05) is 17.7 Å². The van der Waals surface area contributed by atoms with Crippen molar-refractivity contribution in [1.82, 2.24) is 5.32 Å². The van der Waals surface area contributed by atoms with Crippen LogP contribution in [0.3, 0.4) is 0 Å². The molecule has 0 radical (unpaired) electrons. The van der Waals surface area contributed by atoms with Crippen LogP contribution in [0.1, 0.15) is 22.8 Å². The Morgan fingerprint density at radius 3 is 2.49 bits per heavy atom. The van der Waals surface area contributed by atoms with Crippen LogP contribution in [0, 0.1) is 5.82 Å². The average molecular weight is 513 g/mol. The van der Waals surface area contributed by atoms with E-state index in [1.54, 1.807) is 61.5 Å². The van der Waals surface area contributed by atoms with Gasteiger partial charge in [-0.05, 0) is 55.5 Å². The molecule has 0 aliphatic carbocycles. The summed E-state index contributed by atoms with van der Waals surface area (Å²) in [5.74, 6) is -2.09. The summed E-state index contributed by atoms with van der Waals surface area (Å²) in [7, 11) is 0. The highest BCUT2D eigenvalue weighted by atomic mass is 35.5. The highest BCUT2D eigenvalue weighted by molar-refractivity contribution is 8.00. The van der Waals surface area contributed by atoms with E-state index in [0.29, 0.717) is 17.9 Å². The van der Waals surface area contributed by atoms with Crippen LogP contribution >= 0.6 is 23.4 Å². The highest BCUT2D eigenvalue weighted by Gasteiger charge is 2.17. The second kappa shape index (κ2) is 12.7. The first-order valence-electron chi connectivity index (χ1n) is 10.6. The lowest BCUT2D eigenvalue weighted by Gasteiger charge is -2.13. The van der Waals surface area contributed by atoms with Crippen molar-refractivity contribution >= 4 is 52.9 Å². The summed E-state index contributed by atoms with van der Waals surface area (Å²) < 4.78 is 19.3. The lowest BCUT2D eigenvalue weighted by Crippen LogP contribution is -2.30. The van der Waals surface area contributed by atoms with Gasteiger partial charge in [0.2, 0.25) is 0 Å². The van der Waals surface area contributed by atoms with Crippen molar-refractivity contribution < 1.29 is 23.5 Å². The van der Waals surface area contributed by atoms with E-state index < -0.39 is 17.6 Å². The number of nitrogens with one attached hydrogen (secondary N) is 2. The topological polar surface area (TPSA) is 84.5 Å². The first kappa shape index (κ1) is 26.0. The number of halogens is 2. The molecule has 0 fully saturated rings. The minimum atomic E-state index is -0.679. The maximum Gasteiger partial charge on any atom is 0.316 e. The smallest absolute Gasteiger partial charge is 0.316 e. The zero-order chi connectivity index (χ0) is 25.2. The van der Waals surface area contributed by atoms with Gasteiger partial charge in [-0.15, -0.1) is 11.8 Å². The van der Waals surface area contributed by atoms with Crippen molar-refractivity contribution in [3.05, 3.63) is 100 Å². The molecule has 0 heterocycles. The first-order chi connectivity index (χ1) is 16.9. The van der Waals surface area contributed by atoms with Gasteiger partial charge in [-0.2, -0.15) is 0 Å². The van der Waals surface area contributed by atoms with Crippen molar-refractivity contribution in [2.45, 2.75) is 11.8 Å². The summed E-state index contributed by atoms with van der Waals surface area (Å²) in [6.07, 6.45) is 1.19. The Kier molecular flexibility index (Phi) is 9.46. The van der Waals surface area contributed by atoms with E-state index in [4.69, 9.17) is 16.3 Å². The van der Waals surface area contributed by atoms with E-state index in [0.717, 1.165) is 4.90 Å². The number of amides is 2. The number of benzene rings is 3. The Labute approximate surface area is 211 Å². The van der Waals surface area contributed by atoms with Crippen LogP contribution in [-0.2, 0) is 14.3 Å². The molecule has 0 unspecified atom stereocenters. The maximum atomic E-state index is 14.4. The fourth-order valence-corrected chi connectivity index (χ4v) is 3.91. The molecule has 0 saturated carbocycles. The molecular formula is C26H22ClFN2O4S. The molecule has 6 nitrogen and oxygen atoms in total. The Balaban J connectivity index is 1.84. The molecule has 9 heteroatoms. The predicted molar refractivity (Wildman–Crippen MR) is 136 cm³/mol. The largest absolute Gasteiger partial charge is 0.465 e. The number of anilines is 1. The minimum absolute atomic E-state index is 0.0357. The Morgan fingerprint density at radius 2 is 1.77 bits per heavy atom. The van der Waals surface area contributed by atoms with Crippen LogP contribution in [0.25, 0.3) is 6.08 Å². The number of rotatable bonds is 9. The maximum absolute atomic E-state index is 14.4. The van der Waals surface area contributed by atoms with Crippen LogP contribution in [0.5, 0.6) is 0 Å². The molecule has 2 amide bonds. The molecule has 35 heavy (non-hydrogen) atoms. The number of carbonyl (C=O) groups excluding carboxylic acids is 3. The van der Waals surface area contributed by atoms with Crippen LogP contribution < -0.4 is 10.6 Å². The summed E-state index contributed by atoms with van der Waals surface area (Å²) in [5.41, 5.74) is 0.508. The second-order valence-electron chi connectivity index (χ2n) is 7.09. The Morgan fingerprint density at radius 1 is 1.03 bits per heavy atom. The summed E-state index contributed by atoms with van der Waals surface area (Å²) in [6.45, 7) is 2.03. The van der Waals surface area contributed by atoms with Crippen LogP contribution in [0.2, 0.25) is 5.02 Å². The molecule has 2 N–H and O–H groups in total. The number of carbonyl (C=O) groups is 3. The summed E-state index contributed by atoms with van der Waals surface area (Å²) in [6, 6.07) is 19.3. The van der Waals surface area contributed by atoms with Gasteiger partial charge in [0.15, 0.2) is 0 Å². The van der Waals surface area contributed by atoms with E-state index >= 15 is 0 Å². The molecule has 0 saturated heterocycles. The summed E-state index contributed by atoms with van der Waals surface area (Å²) in [4.78, 5) is 38.2. The average Bonchev–Trinajstić information content (AvgIpc) is 2.85. The predicted octanol–water partition coefficient (Wildman–Crippen LogP) is 5.54. The van der Waals surface area contributed by atoms with Gasteiger partial charge >= 0.3 is 5.97 Å². The molecule has 0 atom stereocenters. The third kappa shape index (κ3) is 7.70. The summed E-state index contributed by atoms with van der Waals surface area (Å²) >= 11 is 7.38. The zero-order valence-corrected chi connectivity index (χ0v) is 20.3. The molecule has 3 aromatic carbocycles. The molecule has 0 bridgehead atoms. The minimum Gasteiger partial charge on any atom is -0.465 e. The molecule has 0 spiro atoms. The van der Waals surface area contributed by atoms with E-state index in [2.05, 4.69) is 10.6 Å². The molecule has 3 aromatic rings. The normalized spacial score (nSPS) is 11.0. The van der Waals surface area contributed by atoms with Gasteiger partial charge in [0.25, 0.3) is 11.8 Å². The molecular weight excluding hydrogens is 491 g/mol. The second-order valence-corrected chi connectivity index (χ2v) is 8.55. The Bertz CT molecular complexity index is 1230. The van der Waals surface area contributed by atoms with Crippen LogP contribution in [0.4, 0.5) is 10.1 Å². The fraction of sp³-hybridized carbons (Fsp3) is 0.115. The molecule has 0 aliphatic rings. The van der Waals surface area contributed by atoms with Gasteiger partial charge in [0, 0.05) is 21.7 Å². The van der Waals surface area contributed by atoms with Crippen molar-refractivity contribution in [3.8, 4) is 0 Å². The van der Waals surface area contributed by atoms with Gasteiger partial charge in [0.05, 0.1) is 17.4 Å². The van der Waals surface area contributed by atoms with Gasteiger partial charge in [-0.3, -0.25) is 14.4 Å². The standard InChI is InChI=1S/C26H22ClFN2O4S/c1-2-34-24(31)16-35-19-11-6-10-18(14-19)29-26(33)23(15-20-21(27)12-7-13-22(20)28)30-25(32)17-8-4-3-5-9-17/h3-15H,2,16H2,1H3,(H,29,33)(H,30,32)/b23-15-. The van der Waals surface area contributed by atoms with Gasteiger partial charge in [-0.25, -0.2) is 4.39 Å². The zero-order valence-electron chi connectivity index (χ0n) is 18.7. The van der Waals surface area contributed by atoms with Crippen LogP contribution in [-0.4, -0.2) is 30.1 Å². The first-order valence-corrected chi connectivity index (χ1v) is 12.0. The number of hydrogen-bond donors (Lipinski definition) is 2. The van der Waals surface area contributed by atoms with Crippen molar-refractivity contribution in [3.63, 3.8) is 0 Å². The van der Waals surface area contributed by atoms with E-state index in [9.17, 15) is 18.8 Å². The van der Waals surface area contributed by atoms with Crippen molar-refractivity contribution in [2.24, 2.45) is 0 Å². The van der Waals surface area contributed by atoms with Crippen molar-refractivity contribution in [1.29, 1.82) is 0 Å². The summed E-state index contributed by atoms with van der Waals surface area (Å²) in [5, 5.41) is 5.32. The fourth-order valence-electron chi connectivity index (χ4n) is 2.94. The van der Waals surface area contributed by atoms with E-state index in [-0.39, 0.29) is 28.0 Å². The van der Waals surface area contributed by atoms with Gasteiger partial charge in [0.1, 0.15) is 11.5 Å². The lowest BCUT2D eigenvalue weighted by atomic mass is 10.1. The third-order valence-corrected chi connectivity index (χ3v) is 5.87. The number of thioether (sulfide) groups is 1. The molecule has 180 valence electrons.